The van der Waals surface area contributed by atoms with E-state index in [-0.39, 0.29) is 5.56 Å². The summed E-state index contributed by atoms with van der Waals surface area (Å²) in [6, 6.07) is 5.20. The molecular weight excluding hydrogens is 402 g/mol. The van der Waals surface area contributed by atoms with Gasteiger partial charge in [0, 0.05) is 42.3 Å². The number of aromatic nitrogens is 3. The molecule has 3 rings (SSSR count). The first-order valence-electron chi connectivity index (χ1n) is 8.75. The highest BCUT2D eigenvalue weighted by molar-refractivity contribution is 7.98. The zero-order valence-corrected chi connectivity index (χ0v) is 18.0. The van der Waals surface area contributed by atoms with Crippen LogP contribution in [0.15, 0.2) is 33.5 Å². The van der Waals surface area contributed by atoms with Gasteiger partial charge in [0.15, 0.2) is 5.16 Å². The minimum atomic E-state index is -0.0450. The second kappa shape index (κ2) is 9.19. The first kappa shape index (κ1) is 20.3. The van der Waals surface area contributed by atoms with Crippen LogP contribution in [0.5, 0.6) is 0 Å². The van der Waals surface area contributed by atoms with Crippen molar-refractivity contribution in [3.05, 3.63) is 49.7 Å². The molecule has 0 N–H and O–H groups in total. The highest BCUT2D eigenvalue weighted by Crippen LogP contribution is 2.26. The third-order valence-corrected chi connectivity index (χ3v) is 6.46. The lowest BCUT2D eigenvalue weighted by molar-refractivity contribution is 0.189. The Morgan fingerprint density at radius 1 is 1.33 bits per heavy atom. The van der Waals surface area contributed by atoms with Gasteiger partial charge < -0.3 is 4.74 Å². The molecule has 0 spiro atoms. The van der Waals surface area contributed by atoms with Crippen LogP contribution in [-0.4, -0.2) is 28.3 Å². The first-order chi connectivity index (χ1) is 13.0. The number of halogens is 1. The van der Waals surface area contributed by atoms with Crippen LogP contribution in [0.1, 0.15) is 36.9 Å². The molecule has 144 valence electrons. The van der Waals surface area contributed by atoms with Crippen LogP contribution in [0, 0.1) is 0 Å². The number of ether oxygens (including phenoxy) is 1. The van der Waals surface area contributed by atoms with Crippen LogP contribution in [0.4, 0.5) is 0 Å². The van der Waals surface area contributed by atoms with Crippen molar-refractivity contribution < 1.29 is 4.74 Å². The summed E-state index contributed by atoms with van der Waals surface area (Å²) >= 11 is 9.29. The summed E-state index contributed by atoms with van der Waals surface area (Å²) in [6.07, 6.45) is 0.749. The number of rotatable bonds is 8. The summed E-state index contributed by atoms with van der Waals surface area (Å²) in [6.45, 7) is 5.43. The molecule has 3 aromatic rings. The molecule has 0 saturated carbocycles. The van der Waals surface area contributed by atoms with Crippen LogP contribution >= 0.6 is 34.7 Å². The van der Waals surface area contributed by atoms with Crippen molar-refractivity contribution in [2.45, 2.75) is 43.6 Å². The Morgan fingerprint density at radius 3 is 2.85 bits per heavy atom. The summed E-state index contributed by atoms with van der Waals surface area (Å²) in [7, 11) is 1.66. The first-order valence-corrected chi connectivity index (χ1v) is 11.0. The third-order valence-electron chi connectivity index (χ3n) is 4.03. The van der Waals surface area contributed by atoms with Crippen molar-refractivity contribution in [3.8, 4) is 0 Å². The molecule has 5 nitrogen and oxygen atoms in total. The molecule has 1 aromatic carbocycles. The maximum absolute atomic E-state index is 13.0. The van der Waals surface area contributed by atoms with Gasteiger partial charge in [-0.15, -0.1) is 11.3 Å². The normalized spacial score (nSPS) is 11.6. The standard InChI is InChI=1S/C19H22ClN3O2S2/c1-12(2)17-21-14(10-26-17)11-27-19-22-16-9-13(20)5-6-15(16)18(24)23(19)7-4-8-25-3/h5-6,9-10,12H,4,7-8,11H2,1-3H3. The van der Waals surface area contributed by atoms with E-state index in [2.05, 4.69) is 24.2 Å². The van der Waals surface area contributed by atoms with Crippen LogP contribution < -0.4 is 5.56 Å². The van der Waals surface area contributed by atoms with E-state index in [0.29, 0.717) is 45.9 Å². The summed E-state index contributed by atoms with van der Waals surface area (Å²) in [5, 5.41) is 5.04. The molecule has 0 saturated heterocycles. The average molecular weight is 424 g/mol. The predicted molar refractivity (Wildman–Crippen MR) is 113 cm³/mol. The van der Waals surface area contributed by atoms with Crippen molar-refractivity contribution in [2.24, 2.45) is 0 Å². The lowest BCUT2D eigenvalue weighted by Crippen LogP contribution is -2.24. The Kier molecular flexibility index (Phi) is 6.92. The number of thiazole rings is 1. The van der Waals surface area contributed by atoms with Crippen LogP contribution in [0.2, 0.25) is 5.02 Å². The van der Waals surface area contributed by atoms with Gasteiger partial charge in [-0.05, 0) is 24.6 Å². The van der Waals surface area contributed by atoms with Gasteiger partial charge in [-0.1, -0.05) is 37.2 Å². The number of benzene rings is 1. The largest absolute Gasteiger partial charge is 0.385 e. The lowest BCUT2D eigenvalue weighted by Gasteiger charge is -2.12. The maximum Gasteiger partial charge on any atom is 0.262 e. The van der Waals surface area contributed by atoms with Gasteiger partial charge in [0.25, 0.3) is 5.56 Å². The number of fused-ring (bicyclic) bond motifs is 1. The van der Waals surface area contributed by atoms with Gasteiger partial charge in [-0.25, -0.2) is 9.97 Å². The van der Waals surface area contributed by atoms with Crippen molar-refractivity contribution in [1.82, 2.24) is 14.5 Å². The molecule has 0 unspecified atom stereocenters. The maximum atomic E-state index is 13.0. The smallest absolute Gasteiger partial charge is 0.262 e. The fourth-order valence-corrected chi connectivity index (χ4v) is 4.67. The fourth-order valence-electron chi connectivity index (χ4n) is 2.64. The molecule has 2 heterocycles. The Hall–Kier alpha value is -1.41. The van der Waals surface area contributed by atoms with E-state index in [1.807, 2.05) is 0 Å². The van der Waals surface area contributed by atoms with Gasteiger partial charge in [-0.2, -0.15) is 0 Å². The van der Waals surface area contributed by atoms with Crippen LogP contribution in [0.25, 0.3) is 10.9 Å². The zero-order chi connectivity index (χ0) is 19.4. The molecule has 0 fully saturated rings. The second-order valence-corrected chi connectivity index (χ2v) is 8.75. The van der Waals surface area contributed by atoms with E-state index in [1.165, 1.54) is 11.8 Å². The van der Waals surface area contributed by atoms with Gasteiger partial charge in [0.1, 0.15) is 0 Å². The summed E-state index contributed by atoms with van der Waals surface area (Å²) < 4.78 is 6.86. The van der Waals surface area contributed by atoms with Crippen molar-refractivity contribution in [2.75, 3.05) is 13.7 Å². The zero-order valence-electron chi connectivity index (χ0n) is 15.6. The van der Waals surface area contributed by atoms with Gasteiger partial charge in [0.2, 0.25) is 0 Å². The Balaban J connectivity index is 1.92. The van der Waals surface area contributed by atoms with Crippen molar-refractivity contribution >= 4 is 45.6 Å². The van der Waals surface area contributed by atoms with Crippen molar-refractivity contribution in [1.29, 1.82) is 0 Å². The third kappa shape index (κ3) is 4.90. The molecule has 0 aliphatic carbocycles. The highest BCUT2D eigenvalue weighted by Gasteiger charge is 2.13. The van der Waals surface area contributed by atoms with Gasteiger partial charge in [0.05, 0.1) is 21.6 Å². The summed E-state index contributed by atoms with van der Waals surface area (Å²) in [5.74, 6) is 1.09. The van der Waals surface area contributed by atoms with Crippen LogP contribution in [-0.2, 0) is 17.0 Å². The summed E-state index contributed by atoms with van der Waals surface area (Å²) in [4.78, 5) is 22.4. The minimum absolute atomic E-state index is 0.0450. The van der Waals surface area contributed by atoms with E-state index in [4.69, 9.17) is 21.3 Å². The number of nitrogens with zero attached hydrogens (tertiary/aromatic N) is 3. The topological polar surface area (TPSA) is 57.0 Å². The average Bonchev–Trinajstić information content (AvgIpc) is 3.11. The number of hydrogen-bond acceptors (Lipinski definition) is 6. The molecular formula is C19H22ClN3O2S2. The van der Waals surface area contributed by atoms with Crippen molar-refractivity contribution in [3.63, 3.8) is 0 Å². The second-order valence-electron chi connectivity index (χ2n) is 6.48. The fraction of sp³-hybridized carbons (Fsp3) is 0.421. The molecule has 0 atom stereocenters. The van der Waals surface area contributed by atoms with Gasteiger partial charge >= 0.3 is 0 Å². The molecule has 8 heteroatoms. The Labute approximate surface area is 171 Å². The predicted octanol–water partition coefficient (Wildman–Crippen LogP) is 4.96. The SMILES string of the molecule is COCCCn1c(SCc2csc(C(C)C)n2)nc2cc(Cl)ccc2c1=O. The lowest BCUT2D eigenvalue weighted by atomic mass is 10.2. The number of hydrogen-bond donors (Lipinski definition) is 0. The van der Waals surface area contributed by atoms with E-state index >= 15 is 0 Å². The van der Waals surface area contributed by atoms with Gasteiger partial charge in [-0.3, -0.25) is 9.36 Å². The van der Waals surface area contributed by atoms with E-state index < -0.39 is 0 Å². The highest BCUT2D eigenvalue weighted by atomic mass is 35.5. The molecule has 0 radical (unpaired) electrons. The summed E-state index contributed by atoms with van der Waals surface area (Å²) in [5.41, 5.74) is 1.59. The van der Waals surface area contributed by atoms with E-state index in [1.54, 1.807) is 41.2 Å². The monoisotopic (exact) mass is 423 g/mol. The Morgan fingerprint density at radius 2 is 2.15 bits per heavy atom. The van der Waals surface area contributed by atoms with E-state index in [9.17, 15) is 4.79 Å². The molecule has 0 aliphatic heterocycles. The van der Waals surface area contributed by atoms with Crippen LogP contribution in [0.3, 0.4) is 0 Å². The Bertz CT molecular complexity index is 985. The number of thioether (sulfide) groups is 1. The molecule has 2 aromatic heterocycles. The molecule has 0 aliphatic rings. The van der Waals surface area contributed by atoms with E-state index in [0.717, 1.165) is 17.1 Å². The minimum Gasteiger partial charge on any atom is -0.385 e. The molecule has 27 heavy (non-hydrogen) atoms. The quantitative estimate of drug-likeness (QED) is 0.291. The number of methoxy groups -OCH3 is 1. The molecule has 0 bridgehead atoms. The molecule has 0 amide bonds.